The van der Waals surface area contributed by atoms with Gasteiger partial charge in [0.2, 0.25) is 11.7 Å². The van der Waals surface area contributed by atoms with Crippen molar-refractivity contribution in [3.63, 3.8) is 0 Å². The van der Waals surface area contributed by atoms with Gasteiger partial charge < -0.3 is 23.8 Å². The summed E-state index contributed by atoms with van der Waals surface area (Å²) in [5.74, 6) is 2.40. The van der Waals surface area contributed by atoms with Crippen molar-refractivity contribution in [1.82, 2.24) is 4.90 Å². The monoisotopic (exact) mass is 383 g/mol. The third-order valence-corrected chi connectivity index (χ3v) is 5.53. The predicted octanol–water partition coefficient (Wildman–Crippen LogP) is 3.49. The summed E-state index contributed by atoms with van der Waals surface area (Å²) in [6, 6.07) is 3.84. The van der Waals surface area contributed by atoms with Crippen molar-refractivity contribution in [3.05, 3.63) is 17.7 Å². The zero-order valence-corrected chi connectivity index (χ0v) is 16.9. The maximum atomic E-state index is 12.3. The van der Waals surface area contributed by atoms with E-state index in [1.165, 1.54) is 0 Å². The highest BCUT2D eigenvalue weighted by Gasteiger charge is 2.33. The number of rotatable bonds is 11. The number of thioether (sulfide) groups is 1. The Hall–Kier alpha value is -1.60. The van der Waals surface area contributed by atoms with Crippen molar-refractivity contribution in [3.8, 4) is 17.2 Å². The van der Waals surface area contributed by atoms with Crippen LogP contribution in [-0.4, -0.2) is 57.6 Å². The number of hydrogen-bond acceptors (Lipinski definition) is 6. The molecule has 0 N–H and O–H groups in total. The molecule has 1 aliphatic rings. The SMILES string of the molecule is CCCCOCCCN1C(=O)CSC1c1cc(OC)c(OC)c(OC)c1. The van der Waals surface area contributed by atoms with Crippen molar-refractivity contribution >= 4 is 17.7 Å². The number of carbonyl (C=O) groups excluding carboxylic acids is 1. The van der Waals surface area contributed by atoms with Gasteiger partial charge in [-0.25, -0.2) is 0 Å². The molecule has 0 aromatic heterocycles. The van der Waals surface area contributed by atoms with E-state index >= 15 is 0 Å². The first-order valence-corrected chi connectivity index (χ1v) is 9.99. The Morgan fingerprint density at radius 1 is 1.08 bits per heavy atom. The van der Waals surface area contributed by atoms with Crippen molar-refractivity contribution in [1.29, 1.82) is 0 Å². The number of benzene rings is 1. The van der Waals surface area contributed by atoms with Crippen molar-refractivity contribution in [2.75, 3.05) is 46.8 Å². The molecule has 1 fully saturated rings. The van der Waals surface area contributed by atoms with Gasteiger partial charge in [0, 0.05) is 19.8 Å². The van der Waals surface area contributed by atoms with Crippen molar-refractivity contribution in [2.24, 2.45) is 0 Å². The van der Waals surface area contributed by atoms with Crippen LogP contribution in [0, 0.1) is 0 Å². The molecule has 1 atom stereocenters. The van der Waals surface area contributed by atoms with E-state index in [1.807, 2.05) is 17.0 Å². The van der Waals surface area contributed by atoms with E-state index in [-0.39, 0.29) is 11.3 Å². The highest BCUT2D eigenvalue weighted by molar-refractivity contribution is 8.00. The molecule has 1 unspecified atom stereocenters. The lowest BCUT2D eigenvalue weighted by atomic mass is 10.1. The van der Waals surface area contributed by atoms with E-state index in [0.29, 0.717) is 36.2 Å². The fourth-order valence-electron chi connectivity index (χ4n) is 2.90. The Bertz CT molecular complexity index is 570. The molecule has 1 heterocycles. The number of amides is 1. The number of hydrogen-bond donors (Lipinski definition) is 0. The van der Waals surface area contributed by atoms with Crippen LogP contribution in [0.5, 0.6) is 17.2 Å². The molecule has 0 radical (unpaired) electrons. The van der Waals surface area contributed by atoms with Crippen LogP contribution >= 0.6 is 11.8 Å². The van der Waals surface area contributed by atoms with Crippen molar-refractivity contribution in [2.45, 2.75) is 31.6 Å². The summed E-state index contributed by atoms with van der Waals surface area (Å²) in [5, 5.41) is -0.0492. The fourth-order valence-corrected chi connectivity index (χ4v) is 4.10. The van der Waals surface area contributed by atoms with E-state index < -0.39 is 0 Å². The summed E-state index contributed by atoms with van der Waals surface area (Å²) in [7, 11) is 4.78. The van der Waals surface area contributed by atoms with Crippen LogP contribution in [0.15, 0.2) is 12.1 Å². The third kappa shape index (κ3) is 4.98. The van der Waals surface area contributed by atoms with E-state index in [9.17, 15) is 4.79 Å². The van der Waals surface area contributed by atoms with Crippen LogP contribution in [0.1, 0.15) is 37.1 Å². The Morgan fingerprint density at radius 3 is 2.31 bits per heavy atom. The molecule has 0 aliphatic carbocycles. The van der Waals surface area contributed by atoms with Gasteiger partial charge >= 0.3 is 0 Å². The maximum Gasteiger partial charge on any atom is 0.233 e. The second kappa shape index (κ2) is 10.5. The maximum absolute atomic E-state index is 12.3. The quantitative estimate of drug-likeness (QED) is 0.545. The fraction of sp³-hybridized carbons (Fsp3) is 0.632. The molecule has 0 bridgehead atoms. The molecule has 146 valence electrons. The van der Waals surface area contributed by atoms with Gasteiger partial charge in [0.05, 0.1) is 27.1 Å². The van der Waals surface area contributed by atoms with E-state index in [1.54, 1.807) is 33.1 Å². The van der Waals surface area contributed by atoms with E-state index in [4.69, 9.17) is 18.9 Å². The summed E-state index contributed by atoms with van der Waals surface area (Å²) < 4.78 is 21.9. The Morgan fingerprint density at radius 2 is 1.73 bits per heavy atom. The van der Waals surface area contributed by atoms with Gasteiger partial charge in [-0.3, -0.25) is 4.79 Å². The minimum absolute atomic E-state index is 0.0492. The number of ether oxygens (including phenoxy) is 4. The lowest BCUT2D eigenvalue weighted by Gasteiger charge is -2.25. The topological polar surface area (TPSA) is 57.2 Å². The van der Waals surface area contributed by atoms with Gasteiger partial charge in [-0.05, 0) is 30.5 Å². The number of carbonyl (C=O) groups is 1. The number of nitrogens with zero attached hydrogens (tertiary/aromatic N) is 1. The molecule has 0 spiro atoms. The largest absolute Gasteiger partial charge is 0.493 e. The average molecular weight is 384 g/mol. The second-order valence-corrected chi connectivity index (χ2v) is 7.10. The number of unbranched alkanes of at least 4 members (excludes halogenated alkanes) is 1. The first kappa shape index (κ1) is 20.7. The minimum Gasteiger partial charge on any atom is -0.493 e. The Labute approximate surface area is 160 Å². The lowest BCUT2D eigenvalue weighted by molar-refractivity contribution is -0.128. The molecule has 6 nitrogen and oxygen atoms in total. The zero-order valence-electron chi connectivity index (χ0n) is 16.1. The molecule has 1 aliphatic heterocycles. The highest BCUT2D eigenvalue weighted by Crippen LogP contribution is 2.45. The molecular weight excluding hydrogens is 354 g/mol. The zero-order chi connectivity index (χ0) is 18.9. The summed E-state index contributed by atoms with van der Waals surface area (Å²) >= 11 is 1.62. The second-order valence-electron chi connectivity index (χ2n) is 6.03. The Balaban J connectivity index is 2.09. The van der Waals surface area contributed by atoms with Crippen LogP contribution in [0.4, 0.5) is 0 Å². The van der Waals surface area contributed by atoms with Gasteiger partial charge in [0.25, 0.3) is 0 Å². The molecule has 1 amide bonds. The smallest absolute Gasteiger partial charge is 0.233 e. The molecule has 7 heteroatoms. The molecule has 1 aromatic carbocycles. The minimum atomic E-state index is -0.0492. The standard InChI is InChI=1S/C19H29NO5S/c1-5-6-9-25-10-7-8-20-17(21)13-26-19(20)14-11-15(22-2)18(24-4)16(12-14)23-3/h11-12,19H,5-10,13H2,1-4H3. The van der Waals surface area contributed by atoms with Crippen LogP contribution < -0.4 is 14.2 Å². The number of methoxy groups -OCH3 is 3. The Kier molecular flexibility index (Phi) is 8.38. The van der Waals surface area contributed by atoms with Gasteiger partial charge in [-0.2, -0.15) is 0 Å². The van der Waals surface area contributed by atoms with Crippen LogP contribution in [0.3, 0.4) is 0 Å². The molecule has 26 heavy (non-hydrogen) atoms. The predicted molar refractivity (Wildman–Crippen MR) is 103 cm³/mol. The molecule has 1 saturated heterocycles. The van der Waals surface area contributed by atoms with Gasteiger partial charge in [-0.15, -0.1) is 11.8 Å². The van der Waals surface area contributed by atoms with Crippen LogP contribution in [0.25, 0.3) is 0 Å². The van der Waals surface area contributed by atoms with Crippen molar-refractivity contribution < 1.29 is 23.7 Å². The van der Waals surface area contributed by atoms with E-state index in [0.717, 1.165) is 31.4 Å². The highest BCUT2D eigenvalue weighted by atomic mass is 32.2. The summed E-state index contributed by atoms with van der Waals surface area (Å²) in [6.45, 7) is 4.29. The average Bonchev–Trinajstić information content (AvgIpc) is 3.03. The first-order valence-electron chi connectivity index (χ1n) is 8.95. The first-order chi connectivity index (χ1) is 12.7. The van der Waals surface area contributed by atoms with E-state index in [2.05, 4.69) is 6.92 Å². The van der Waals surface area contributed by atoms with Crippen LogP contribution in [0.2, 0.25) is 0 Å². The summed E-state index contributed by atoms with van der Waals surface area (Å²) in [6.07, 6.45) is 3.04. The normalized spacial score (nSPS) is 16.8. The summed E-state index contributed by atoms with van der Waals surface area (Å²) in [5.41, 5.74) is 0.974. The molecule has 0 saturated carbocycles. The molecular formula is C19H29NO5S. The van der Waals surface area contributed by atoms with Gasteiger partial charge in [0.15, 0.2) is 11.5 Å². The molecule has 1 aromatic rings. The lowest BCUT2D eigenvalue weighted by Crippen LogP contribution is -2.30. The third-order valence-electron chi connectivity index (χ3n) is 4.27. The van der Waals surface area contributed by atoms with Gasteiger partial charge in [0.1, 0.15) is 5.37 Å². The molecule has 2 rings (SSSR count). The van der Waals surface area contributed by atoms with Crippen LogP contribution in [-0.2, 0) is 9.53 Å². The van der Waals surface area contributed by atoms with Gasteiger partial charge in [-0.1, -0.05) is 13.3 Å². The summed E-state index contributed by atoms with van der Waals surface area (Å²) in [4.78, 5) is 14.2.